The summed E-state index contributed by atoms with van der Waals surface area (Å²) in [7, 11) is 0. The van der Waals surface area contributed by atoms with Crippen molar-refractivity contribution in [1.29, 1.82) is 0 Å². The van der Waals surface area contributed by atoms with E-state index in [-0.39, 0.29) is 5.82 Å². The Balaban J connectivity index is 2.02. The summed E-state index contributed by atoms with van der Waals surface area (Å²) in [5, 5.41) is 7.25. The van der Waals surface area contributed by atoms with Crippen LogP contribution in [0.5, 0.6) is 0 Å². The molecule has 2 heterocycles. The molecule has 0 saturated heterocycles. The molecule has 2 rings (SSSR count). The van der Waals surface area contributed by atoms with E-state index >= 15 is 0 Å². The van der Waals surface area contributed by atoms with Crippen molar-refractivity contribution < 1.29 is 4.39 Å². The van der Waals surface area contributed by atoms with E-state index in [0.29, 0.717) is 11.6 Å². The van der Waals surface area contributed by atoms with Crippen molar-refractivity contribution in [1.82, 2.24) is 14.6 Å². The van der Waals surface area contributed by atoms with Gasteiger partial charge < -0.3 is 5.32 Å². The molecule has 0 radical (unpaired) electrons. The van der Waals surface area contributed by atoms with Gasteiger partial charge >= 0.3 is 0 Å². The Hall–Kier alpha value is -1.65. The molecule has 16 heavy (non-hydrogen) atoms. The number of unbranched alkanes of at least 4 members (excludes halogenated alkanes) is 2. The lowest BCUT2D eigenvalue weighted by Crippen LogP contribution is -2.02. The van der Waals surface area contributed by atoms with Gasteiger partial charge in [0.05, 0.1) is 6.20 Å². The standard InChI is InChI=1S/C11H15FN4/c1-2-3-4-7-13-11-14-10-6-5-9(12)8-16(10)15-11/h5-6,8H,2-4,7H2,1H3,(H,13,15). The Morgan fingerprint density at radius 3 is 3.06 bits per heavy atom. The zero-order chi connectivity index (χ0) is 11.4. The second kappa shape index (κ2) is 4.92. The summed E-state index contributed by atoms with van der Waals surface area (Å²) >= 11 is 0. The molecule has 2 aromatic rings. The molecule has 0 fully saturated rings. The number of nitrogens with zero attached hydrogens (tertiary/aromatic N) is 3. The molecule has 0 saturated carbocycles. The third-order valence-electron chi connectivity index (χ3n) is 2.36. The van der Waals surface area contributed by atoms with E-state index in [0.717, 1.165) is 13.0 Å². The normalized spacial score (nSPS) is 10.9. The smallest absolute Gasteiger partial charge is 0.243 e. The number of rotatable bonds is 5. The average Bonchev–Trinajstić information content (AvgIpc) is 2.66. The van der Waals surface area contributed by atoms with Crippen LogP contribution in [0.1, 0.15) is 26.2 Å². The highest BCUT2D eigenvalue weighted by molar-refractivity contribution is 5.42. The largest absolute Gasteiger partial charge is 0.353 e. The van der Waals surface area contributed by atoms with Crippen molar-refractivity contribution in [3.8, 4) is 0 Å². The topological polar surface area (TPSA) is 42.2 Å². The molecule has 5 heteroatoms. The fourth-order valence-electron chi connectivity index (χ4n) is 1.51. The lowest BCUT2D eigenvalue weighted by atomic mass is 10.2. The minimum absolute atomic E-state index is 0.310. The van der Waals surface area contributed by atoms with Gasteiger partial charge in [0.15, 0.2) is 5.65 Å². The van der Waals surface area contributed by atoms with Crippen molar-refractivity contribution in [3.63, 3.8) is 0 Å². The van der Waals surface area contributed by atoms with Crippen molar-refractivity contribution in [3.05, 3.63) is 24.1 Å². The third kappa shape index (κ3) is 2.48. The van der Waals surface area contributed by atoms with Crippen LogP contribution in [0, 0.1) is 5.82 Å². The number of pyridine rings is 1. The second-order valence-electron chi connectivity index (χ2n) is 3.72. The molecule has 0 aliphatic heterocycles. The zero-order valence-corrected chi connectivity index (χ0v) is 9.28. The summed E-state index contributed by atoms with van der Waals surface area (Å²) in [6.07, 6.45) is 4.79. The highest BCUT2D eigenvalue weighted by Crippen LogP contribution is 2.07. The maximum absolute atomic E-state index is 12.9. The molecule has 0 amide bonds. The SMILES string of the molecule is CCCCCNc1nc2ccc(F)cn2n1. The van der Waals surface area contributed by atoms with E-state index in [2.05, 4.69) is 22.3 Å². The van der Waals surface area contributed by atoms with E-state index in [1.165, 1.54) is 29.6 Å². The van der Waals surface area contributed by atoms with Gasteiger partial charge in [0.2, 0.25) is 5.95 Å². The Morgan fingerprint density at radius 1 is 1.38 bits per heavy atom. The lowest BCUT2D eigenvalue weighted by molar-refractivity contribution is 0.614. The van der Waals surface area contributed by atoms with Gasteiger partial charge in [-0.05, 0) is 18.6 Å². The summed E-state index contributed by atoms with van der Waals surface area (Å²) in [5.74, 6) is 0.247. The summed E-state index contributed by atoms with van der Waals surface area (Å²) in [5.41, 5.74) is 0.652. The van der Waals surface area contributed by atoms with Crippen LogP contribution >= 0.6 is 0 Å². The number of halogens is 1. The Kier molecular flexibility index (Phi) is 3.34. The van der Waals surface area contributed by atoms with Gasteiger partial charge in [0.1, 0.15) is 5.82 Å². The van der Waals surface area contributed by atoms with Crippen molar-refractivity contribution >= 4 is 11.6 Å². The first-order chi connectivity index (χ1) is 7.79. The van der Waals surface area contributed by atoms with Crippen LogP contribution in [-0.2, 0) is 0 Å². The maximum Gasteiger partial charge on any atom is 0.243 e. The lowest BCUT2D eigenvalue weighted by Gasteiger charge is -1.98. The first-order valence-corrected chi connectivity index (χ1v) is 5.55. The van der Waals surface area contributed by atoms with Crippen LogP contribution in [0.25, 0.3) is 5.65 Å². The molecular weight excluding hydrogens is 207 g/mol. The van der Waals surface area contributed by atoms with Gasteiger partial charge in [-0.15, -0.1) is 5.10 Å². The molecule has 0 aromatic carbocycles. The van der Waals surface area contributed by atoms with Crippen LogP contribution in [0.3, 0.4) is 0 Å². The van der Waals surface area contributed by atoms with E-state index in [1.54, 1.807) is 6.07 Å². The molecule has 0 atom stereocenters. The van der Waals surface area contributed by atoms with Gasteiger partial charge in [-0.25, -0.2) is 8.91 Å². The quantitative estimate of drug-likeness (QED) is 0.790. The number of anilines is 1. The van der Waals surface area contributed by atoms with Gasteiger partial charge in [0.25, 0.3) is 0 Å². The monoisotopic (exact) mass is 222 g/mol. The van der Waals surface area contributed by atoms with E-state index < -0.39 is 0 Å². The fourth-order valence-corrected chi connectivity index (χ4v) is 1.51. The first kappa shape index (κ1) is 10.9. The zero-order valence-electron chi connectivity index (χ0n) is 9.28. The molecule has 0 aliphatic rings. The predicted molar refractivity (Wildman–Crippen MR) is 61.0 cm³/mol. The summed E-state index contributed by atoms with van der Waals surface area (Å²) in [6, 6.07) is 2.99. The Bertz CT molecular complexity index is 466. The molecule has 1 N–H and O–H groups in total. The van der Waals surface area contributed by atoms with Crippen molar-refractivity contribution in [2.45, 2.75) is 26.2 Å². The number of hydrogen-bond acceptors (Lipinski definition) is 3. The van der Waals surface area contributed by atoms with E-state index in [9.17, 15) is 4.39 Å². The third-order valence-corrected chi connectivity index (χ3v) is 2.36. The molecule has 0 bridgehead atoms. The first-order valence-electron chi connectivity index (χ1n) is 5.55. The van der Waals surface area contributed by atoms with E-state index in [4.69, 9.17) is 0 Å². The second-order valence-corrected chi connectivity index (χ2v) is 3.72. The van der Waals surface area contributed by atoms with Gasteiger partial charge in [-0.2, -0.15) is 4.98 Å². The minimum atomic E-state index is -0.310. The fraction of sp³-hybridized carbons (Fsp3) is 0.455. The predicted octanol–water partition coefficient (Wildman–Crippen LogP) is 2.47. The maximum atomic E-state index is 12.9. The number of fused-ring (bicyclic) bond motifs is 1. The number of aromatic nitrogens is 3. The number of nitrogens with one attached hydrogen (secondary N) is 1. The van der Waals surface area contributed by atoms with Crippen LogP contribution in [0.4, 0.5) is 10.3 Å². The number of hydrogen-bond donors (Lipinski definition) is 1. The molecule has 0 spiro atoms. The van der Waals surface area contributed by atoms with Gasteiger partial charge in [-0.1, -0.05) is 19.8 Å². The minimum Gasteiger partial charge on any atom is -0.353 e. The van der Waals surface area contributed by atoms with Crippen LogP contribution < -0.4 is 5.32 Å². The highest BCUT2D eigenvalue weighted by atomic mass is 19.1. The van der Waals surface area contributed by atoms with Crippen LogP contribution in [0.2, 0.25) is 0 Å². The highest BCUT2D eigenvalue weighted by Gasteiger charge is 2.02. The molecule has 86 valence electrons. The van der Waals surface area contributed by atoms with Gasteiger partial charge in [0, 0.05) is 6.54 Å². The average molecular weight is 222 g/mol. The molecule has 0 unspecified atom stereocenters. The molecule has 0 aliphatic carbocycles. The van der Waals surface area contributed by atoms with Crippen LogP contribution in [0.15, 0.2) is 18.3 Å². The summed E-state index contributed by atoms with van der Waals surface area (Å²) < 4.78 is 14.3. The molecule has 2 aromatic heterocycles. The summed E-state index contributed by atoms with van der Waals surface area (Å²) in [4.78, 5) is 4.23. The van der Waals surface area contributed by atoms with Crippen molar-refractivity contribution in [2.24, 2.45) is 0 Å². The van der Waals surface area contributed by atoms with E-state index in [1.807, 2.05) is 0 Å². The summed E-state index contributed by atoms with van der Waals surface area (Å²) in [6.45, 7) is 3.01. The van der Waals surface area contributed by atoms with Crippen LogP contribution in [-0.4, -0.2) is 21.1 Å². The molecule has 4 nitrogen and oxygen atoms in total. The Labute approximate surface area is 93.5 Å². The Morgan fingerprint density at radius 2 is 2.25 bits per heavy atom. The van der Waals surface area contributed by atoms with Crippen molar-refractivity contribution in [2.75, 3.05) is 11.9 Å². The van der Waals surface area contributed by atoms with Gasteiger partial charge in [-0.3, -0.25) is 0 Å². The molecular formula is C11H15FN4.